The number of hydrogen-bond donors (Lipinski definition) is 2. The summed E-state index contributed by atoms with van der Waals surface area (Å²) in [5.74, 6) is -1.19. The van der Waals surface area contributed by atoms with E-state index in [1.807, 2.05) is 18.2 Å². The molecule has 1 fully saturated rings. The highest BCUT2D eigenvalue weighted by Crippen LogP contribution is 2.39. The van der Waals surface area contributed by atoms with Crippen molar-refractivity contribution in [3.05, 3.63) is 95.5 Å². The molecule has 3 aliphatic heterocycles. The van der Waals surface area contributed by atoms with E-state index in [4.69, 9.17) is 4.74 Å². The molecule has 192 valence electrons. The molecule has 0 aliphatic carbocycles. The summed E-state index contributed by atoms with van der Waals surface area (Å²) in [5.41, 5.74) is 1.90. The van der Waals surface area contributed by atoms with Crippen LogP contribution in [0.4, 0.5) is 9.18 Å². The maximum Gasteiger partial charge on any atom is 0.322 e. The average molecular weight is 505 g/mol. The molecule has 3 atom stereocenters. The lowest BCUT2D eigenvalue weighted by molar-refractivity contribution is -0.137. The molecule has 2 aromatic rings. The topological polar surface area (TPSA) is 91.0 Å². The first-order valence-corrected chi connectivity index (χ1v) is 12.4. The predicted octanol–water partition coefficient (Wildman–Crippen LogP) is 3.21. The van der Waals surface area contributed by atoms with Crippen molar-refractivity contribution in [3.63, 3.8) is 0 Å². The van der Waals surface area contributed by atoms with E-state index in [-0.39, 0.29) is 31.0 Å². The molecule has 9 heteroatoms. The van der Waals surface area contributed by atoms with Gasteiger partial charge in [-0.1, -0.05) is 48.5 Å². The van der Waals surface area contributed by atoms with Crippen molar-refractivity contribution >= 4 is 17.8 Å². The van der Waals surface area contributed by atoms with Gasteiger partial charge in [-0.25, -0.2) is 9.18 Å². The molecule has 0 saturated carbocycles. The fourth-order valence-corrected chi connectivity index (χ4v) is 5.20. The summed E-state index contributed by atoms with van der Waals surface area (Å²) in [4.78, 5) is 43.6. The third kappa shape index (κ3) is 4.86. The van der Waals surface area contributed by atoms with Crippen LogP contribution in [0.3, 0.4) is 0 Å². The van der Waals surface area contributed by atoms with E-state index >= 15 is 0 Å². The smallest absolute Gasteiger partial charge is 0.322 e. The van der Waals surface area contributed by atoms with Crippen molar-refractivity contribution in [1.82, 2.24) is 20.4 Å². The summed E-state index contributed by atoms with van der Waals surface area (Å²) < 4.78 is 19.7. The minimum absolute atomic E-state index is 0.0498. The molecule has 0 radical (unpaired) electrons. The Morgan fingerprint density at radius 2 is 2.03 bits per heavy atom. The Balaban J connectivity index is 1.50. The highest BCUT2D eigenvalue weighted by Gasteiger charge is 2.47. The van der Waals surface area contributed by atoms with Crippen molar-refractivity contribution < 1.29 is 23.5 Å². The summed E-state index contributed by atoms with van der Waals surface area (Å²) in [6, 6.07) is 12.7. The Kier molecular flexibility index (Phi) is 7.05. The SMILES string of the molecule is C=CCN1C(=O)N[C@H](c2cccc(F)c2)C2=C1CN([C@@H](C(=O)NC[C@@H]1CCCO1)c1ccccc1)C2=O. The highest BCUT2D eigenvalue weighted by molar-refractivity contribution is 6.03. The number of carbonyl (C=O) groups is 3. The molecule has 8 nitrogen and oxygen atoms in total. The van der Waals surface area contributed by atoms with E-state index in [0.717, 1.165) is 12.8 Å². The second-order valence-corrected chi connectivity index (χ2v) is 9.32. The Morgan fingerprint density at radius 1 is 1.22 bits per heavy atom. The number of rotatable bonds is 8. The van der Waals surface area contributed by atoms with Crippen LogP contribution in [0.2, 0.25) is 0 Å². The minimum Gasteiger partial charge on any atom is -0.376 e. The standard InChI is InChI=1S/C28H29FN4O4/c1-2-13-32-22-17-33(27(35)23(22)24(31-28(32)36)19-10-6-11-20(29)15-19)25(18-8-4-3-5-9-18)26(34)30-16-21-12-7-14-37-21/h2-6,8-11,15,21,24-25H,1,7,12-14,16-17H2,(H,30,34)(H,31,36)/t21-,24+,25+/m0/s1. The number of benzene rings is 2. The monoisotopic (exact) mass is 504 g/mol. The summed E-state index contributed by atoms with van der Waals surface area (Å²) in [7, 11) is 0. The predicted molar refractivity (Wildman–Crippen MR) is 134 cm³/mol. The Labute approximate surface area is 214 Å². The zero-order valence-electron chi connectivity index (χ0n) is 20.4. The lowest BCUT2D eigenvalue weighted by Gasteiger charge is -2.33. The molecular weight excluding hydrogens is 475 g/mol. The van der Waals surface area contributed by atoms with Crippen LogP contribution < -0.4 is 10.6 Å². The molecule has 0 aromatic heterocycles. The van der Waals surface area contributed by atoms with Gasteiger partial charge >= 0.3 is 6.03 Å². The van der Waals surface area contributed by atoms with E-state index in [1.54, 1.807) is 24.3 Å². The molecule has 3 heterocycles. The quantitative estimate of drug-likeness (QED) is 0.541. The summed E-state index contributed by atoms with van der Waals surface area (Å²) in [6.07, 6.45) is 3.34. The van der Waals surface area contributed by atoms with Crippen molar-refractivity contribution in [2.45, 2.75) is 31.0 Å². The lowest BCUT2D eigenvalue weighted by atomic mass is 9.95. The third-order valence-electron chi connectivity index (χ3n) is 6.95. The van der Waals surface area contributed by atoms with Gasteiger partial charge in [-0.2, -0.15) is 0 Å². The molecule has 5 rings (SSSR count). The Bertz CT molecular complexity index is 1240. The van der Waals surface area contributed by atoms with Gasteiger partial charge in [0.05, 0.1) is 30.0 Å². The number of halogens is 1. The maximum absolute atomic E-state index is 14.1. The number of nitrogens with one attached hydrogen (secondary N) is 2. The van der Waals surface area contributed by atoms with Gasteiger partial charge in [0.25, 0.3) is 5.91 Å². The van der Waals surface area contributed by atoms with E-state index < -0.39 is 23.9 Å². The van der Waals surface area contributed by atoms with Crippen LogP contribution >= 0.6 is 0 Å². The van der Waals surface area contributed by atoms with Gasteiger partial charge in [-0.3, -0.25) is 14.5 Å². The van der Waals surface area contributed by atoms with Gasteiger partial charge in [0, 0.05) is 19.7 Å². The molecule has 0 spiro atoms. The maximum atomic E-state index is 14.1. The van der Waals surface area contributed by atoms with Crippen LogP contribution in [0.1, 0.15) is 36.1 Å². The molecule has 4 amide bonds. The Morgan fingerprint density at radius 3 is 2.73 bits per heavy atom. The van der Waals surface area contributed by atoms with Gasteiger partial charge in [-0.05, 0) is 36.1 Å². The number of urea groups is 1. The van der Waals surface area contributed by atoms with Crippen LogP contribution in [0.15, 0.2) is 78.5 Å². The first kappa shape index (κ1) is 24.7. The second-order valence-electron chi connectivity index (χ2n) is 9.32. The lowest BCUT2D eigenvalue weighted by Crippen LogP contribution is -2.47. The summed E-state index contributed by atoms with van der Waals surface area (Å²) in [6.45, 7) is 4.99. The van der Waals surface area contributed by atoms with Gasteiger partial charge in [-0.15, -0.1) is 6.58 Å². The molecular formula is C28H29FN4O4. The van der Waals surface area contributed by atoms with Crippen molar-refractivity contribution in [2.75, 3.05) is 26.2 Å². The van der Waals surface area contributed by atoms with E-state index in [9.17, 15) is 18.8 Å². The number of carbonyl (C=O) groups excluding carboxylic acids is 3. The summed E-state index contributed by atoms with van der Waals surface area (Å²) in [5, 5.41) is 5.80. The molecule has 0 bridgehead atoms. The van der Waals surface area contributed by atoms with Crippen molar-refractivity contribution in [1.29, 1.82) is 0 Å². The van der Waals surface area contributed by atoms with E-state index in [2.05, 4.69) is 17.2 Å². The third-order valence-corrected chi connectivity index (χ3v) is 6.95. The molecule has 0 unspecified atom stereocenters. The minimum atomic E-state index is -0.922. The van der Waals surface area contributed by atoms with Crippen LogP contribution in [0.5, 0.6) is 0 Å². The molecule has 1 saturated heterocycles. The van der Waals surface area contributed by atoms with E-state index in [1.165, 1.54) is 28.0 Å². The fourth-order valence-electron chi connectivity index (χ4n) is 5.20. The van der Waals surface area contributed by atoms with Crippen molar-refractivity contribution in [3.8, 4) is 0 Å². The average Bonchev–Trinajstić information content (AvgIpc) is 3.54. The highest BCUT2D eigenvalue weighted by atomic mass is 19.1. The van der Waals surface area contributed by atoms with Crippen LogP contribution in [-0.2, 0) is 14.3 Å². The second kappa shape index (κ2) is 10.6. The first-order valence-electron chi connectivity index (χ1n) is 12.4. The number of amides is 4. The number of nitrogens with zero attached hydrogens (tertiary/aromatic N) is 2. The zero-order valence-corrected chi connectivity index (χ0v) is 20.4. The zero-order chi connectivity index (χ0) is 25.9. The molecule has 37 heavy (non-hydrogen) atoms. The number of ether oxygens (including phenoxy) is 1. The van der Waals surface area contributed by atoms with Gasteiger partial charge in [0.15, 0.2) is 0 Å². The largest absolute Gasteiger partial charge is 0.376 e. The van der Waals surface area contributed by atoms with E-state index in [0.29, 0.717) is 35.5 Å². The molecule has 2 N–H and O–H groups in total. The molecule has 2 aromatic carbocycles. The summed E-state index contributed by atoms with van der Waals surface area (Å²) >= 11 is 0. The van der Waals surface area contributed by atoms with Crippen LogP contribution in [-0.4, -0.2) is 60.0 Å². The Hall–Kier alpha value is -3.98. The normalized spacial score (nSPS) is 22.1. The fraction of sp³-hybridized carbons (Fsp3) is 0.321. The van der Waals surface area contributed by atoms with Crippen LogP contribution in [0.25, 0.3) is 0 Å². The number of hydrogen-bond acceptors (Lipinski definition) is 4. The van der Waals surface area contributed by atoms with Gasteiger partial charge < -0.3 is 20.3 Å². The van der Waals surface area contributed by atoms with Gasteiger partial charge in [0.2, 0.25) is 5.91 Å². The van der Waals surface area contributed by atoms with Crippen molar-refractivity contribution in [2.24, 2.45) is 0 Å². The van der Waals surface area contributed by atoms with Crippen LogP contribution in [0, 0.1) is 5.82 Å². The first-order chi connectivity index (χ1) is 18.0. The molecule has 3 aliphatic rings. The van der Waals surface area contributed by atoms with Gasteiger partial charge in [0.1, 0.15) is 11.9 Å².